The number of nitrogens with zero attached hydrogens (tertiary/aromatic N) is 4. The Balaban J connectivity index is 1.44. The zero-order valence-electron chi connectivity index (χ0n) is 13.9. The van der Waals surface area contributed by atoms with Crippen LogP contribution in [0.25, 0.3) is 0 Å². The molecule has 0 aliphatic carbocycles. The van der Waals surface area contributed by atoms with E-state index in [1.165, 1.54) is 0 Å². The summed E-state index contributed by atoms with van der Waals surface area (Å²) in [5.41, 5.74) is 1.48. The number of carbonyl (C=O) groups is 2. The largest absolute Gasteiger partial charge is 0.345 e. The SMILES string of the molecule is O=C(c1cccc(N2CCCC2=O)c1)N1CCN(c2nccs2)CC1. The second kappa shape index (κ2) is 6.84. The van der Waals surface area contributed by atoms with Gasteiger partial charge in [-0.25, -0.2) is 4.98 Å². The van der Waals surface area contributed by atoms with E-state index in [-0.39, 0.29) is 11.8 Å². The average molecular weight is 356 g/mol. The molecule has 2 aromatic rings. The molecule has 1 aromatic heterocycles. The van der Waals surface area contributed by atoms with E-state index >= 15 is 0 Å². The van der Waals surface area contributed by atoms with Crippen molar-refractivity contribution in [1.29, 1.82) is 0 Å². The Bertz CT molecular complexity index is 769. The standard InChI is InChI=1S/C18H20N4O2S/c23-16-5-2-7-22(16)15-4-1-3-14(13-15)17(24)20-8-10-21(11-9-20)18-19-6-12-25-18/h1,3-4,6,12-13H,2,5,7-11H2. The van der Waals surface area contributed by atoms with E-state index < -0.39 is 0 Å². The molecule has 0 saturated carbocycles. The summed E-state index contributed by atoms with van der Waals surface area (Å²) in [5, 5.41) is 2.99. The summed E-state index contributed by atoms with van der Waals surface area (Å²) >= 11 is 1.63. The zero-order chi connectivity index (χ0) is 17.2. The Morgan fingerprint density at radius 1 is 1.12 bits per heavy atom. The molecule has 2 fully saturated rings. The Labute approximate surface area is 150 Å². The Morgan fingerprint density at radius 2 is 1.96 bits per heavy atom. The van der Waals surface area contributed by atoms with E-state index in [1.54, 1.807) is 16.2 Å². The first-order valence-corrected chi connectivity index (χ1v) is 9.44. The molecule has 3 heterocycles. The lowest BCUT2D eigenvalue weighted by atomic mass is 10.1. The van der Waals surface area contributed by atoms with Crippen LogP contribution in [0.2, 0.25) is 0 Å². The number of aromatic nitrogens is 1. The van der Waals surface area contributed by atoms with Gasteiger partial charge in [-0.05, 0) is 24.6 Å². The number of benzene rings is 1. The van der Waals surface area contributed by atoms with Crippen molar-refractivity contribution in [1.82, 2.24) is 9.88 Å². The molecule has 25 heavy (non-hydrogen) atoms. The summed E-state index contributed by atoms with van der Waals surface area (Å²) in [6.45, 7) is 3.70. The Kier molecular flexibility index (Phi) is 4.40. The molecular weight excluding hydrogens is 336 g/mol. The molecule has 0 radical (unpaired) electrons. The number of piperazine rings is 1. The van der Waals surface area contributed by atoms with Gasteiger partial charge in [-0.15, -0.1) is 11.3 Å². The van der Waals surface area contributed by atoms with Gasteiger partial charge >= 0.3 is 0 Å². The van der Waals surface area contributed by atoms with Crippen LogP contribution < -0.4 is 9.80 Å². The molecule has 2 amide bonds. The van der Waals surface area contributed by atoms with Crippen LogP contribution >= 0.6 is 11.3 Å². The highest BCUT2D eigenvalue weighted by Crippen LogP contribution is 2.24. The third-order valence-electron chi connectivity index (χ3n) is 4.73. The first kappa shape index (κ1) is 16.1. The second-order valence-corrected chi connectivity index (χ2v) is 7.17. The quantitative estimate of drug-likeness (QED) is 0.846. The third-order valence-corrected chi connectivity index (χ3v) is 5.57. The zero-order valence-corrected chi connectivity index (χ0v) is 14.7. The molecule has 6 nitrogen and oxygen atoms in total. The van der Waals surface area contributed by atoms with Crippen molar-refractivity contribution in [3.8, 4) is 0 Å². The fraction of sp³-hybridized carbons (Fsp3) is 0.389. The second-order valence-electron chi connectivity index (χ2n) is 6.29. The summed E-state index contributed by atoms with van der Waals surface area (Å²) in [6, 6.07) is 7.44. The van der Waals surface area contributed by atoms with E-state index in [9.17, 15) is 9.59 Å². The maximum Gasteiger partial charge on any atom is 0.254 e. The Morgan fingerprint density at radius 3 is 2.64 bits per heavy atom. The van der Waals surface area contributed by atoms with E-state index in [1.807, 2.05) is 40.7 Å². The minimum absolute atomic E-state index is 0.0345. The predicted molar refractivity (Wildman–Crippen MR) is 98.3 cm³/mol. The lowest BCUT2D eigenvalue weighted by Crippen LogP contribution is -2.48. The number of carbonyl (C=O) groups excluding carboxylic acids is 2. The van der Waals surface area contributed by atoms with Crippen LogP contribution in [-0.4, -0.2) is 54.4 Å². The van der Waals surface area contributed by atoms with Crippen LogP contribution in [0, 0.1) is 0 Å². The van der Waals surface area contributed by atoms with Crippen molar-refractivity contribution < 1.29 is 9.59 Å². The maximum absolute atomic E-state index is 12.8. The highest BCUT2D eigenvalue weighted by atomic mass is 32.1. The minimum atomic E-state index is 0.0345. The summed E-state index contributed by atoms with van der Waals surface area (Å²) in [4.78, 5) is 35.0. The molecule has 130 valence electrons. The first-order chi connectivity index (χ1) is 12.2. The lowest BCUT2D eigenvalue weighted by Gasteiger charge is -2.34. The van der Waals surface area contributed by atoms with E-state index in [4.69, 9.17) is 0 Å². The summed E-state index contributed by atoms with van der Waals surface area (Å²) in [7, 11) is 0. The number of hydrogen-bond donors (Lipinski definition) is 0. The third kappa shape index (κ3) is 3.24. The first-order valence-electron chi connectivity index (χ1n) is 8.56. The fourth-order valence-corrected chi connectivity index (χ4v) is 4.08. The summed E-state index contributed by atoms with van der Waals surface area (Å²) < 4.78 is 0. The van der Waals surface area contributed by atoms with Gasteiger partial charge in [0.05, 0.1) is 0 Å². The van der Waals surface area contributed by atoms with Crippen LogP contribution in [0.4, 0.5) is 10.8 Å². The molecule has 0 unspecified atom stereocenters. The normalized spacial score (nSPS) is 18.1. The molecule has 2 saturated heterocycles. The molecule has 0 N–H and O–H groups in total. The van der Waals surface area contributed by atoms with Crippen molar-refractivity contribution in [2.24, 2.45) is 0 Å². The minimum Gasteiger partial charge on any atom is -0.345 e. The van der Waals surface area contributed by atoms with Gasteiger partial charge in [-0.2, -0.15) is 0 Å². The molecule has 0 spiro atoms. The molecule has 1 aromatic carbocycles. The number of thiazole rings is 1. The van der Waals surface area contributed by atoms with Crippen LogP contribution in [0.1, 0.15) is 23.2 Å². The van der Waals surface area contributed by atoms with Gasteiger partial charge in [-0.3, -0.25) is 9.59 Å². The number of hydrogen-bond acceptors (Lipinski definition) is 5. The van der Waals surface area contributed by atoms with Crippen LogP contribution in [0.5, 0.6) is 0 Å². The number of anilines is 2. The lowest BCUT2D eigenvalue weighted by molar-refractivity contribution is -0.117. The monoisotopic (exact) mass is 356 g/mol. The highest BCUT2D eigenvalue weighted by molar-refractivity contribution is 7.13. The van der Waals surface area contributed by atoms with Gasteiger partial charge in [0.1, 0.15) is 0 Å². The van der Waals surface area contributed by atoms with Crippen molar-refractivity contribution in [2.75, 3.05) is 42.5 Å². The maximum atomic E-state index is 12.8. The van der Waals surface area contributed by atoms with E-state index in [0.29, 0.717) is 25.1 Å². The molecule has 4 rings (SSSR count). The molecule has 0 bridgehead atoms. The van der Waals surface area contributed by atoms with Gasteiger partial charge in [0.25, 0.3) is 5.91 Å². The van der Waals surface area contributed by atoms with Crippen molar-refractivity contribution in [3.05, 3.63) is 41.4 Å². The van der Waals surface area contributed by atoms with Gasteiger partial charge in [0, 0.05) is 62.0 Å². The average Bonchev–Trinajstić information content (AvgIpc) is 3.33. The number of rotatable bonds is 3. The summed E-state index contributed by atoms with van der Waals surface area (Å²) in [5.74, 6) is 0.175. The van der Waals surface area contributed by atoms with Crippen LogP contribution in [0.3, 0.4) is 0 Å². The number of amides is 2. The fourth-order valence-electron chi connectivity index (χ4n) is 3.38. The molecule has 0 atom stereocenters. The molecule has 2 aliphatic heterocycles. The van der Waals surface area contributed by atoms with Gasteiger partial charge in [-0.1, -0.05) is 6.07 Å². The molecule has 2 aliphatic rings. The smallest absolute Gasteiger partial charge is 0.254 e. The van der Waals surface area contributed by atoms with E-state index in [2.05, 4.69) is 9.88 Å². The van der Waals surface area contributed by atoms with Gasteiger partial charge < -0.3 is 14.7 Å². The van der Waals surface area contributed by atoms with Crippen LogP contribution in [0.15, 0.2) is 35.8 Å². The highest BCUT2D eigenvalue weighted by Gasteiger charge is 2.25. The molecular formula is C18H20N4O2S. The predicted octanol–water partition coefficient (Wildman–Crippen LogP) is 2.23. The van der Waals surface area contributed by atoms with Crippen molar-refractivity contribution >= 4 is 34.0 Å². The topological polar surface area (TPSA) is 56.8 Å². The summed E-state index contributed by atoms with van der Waals surface area (Å²) in [6.07, 6.45) is 3.29. The van der Waals surface area contributed by atoms with Crippen molar-refractivity contribution in [2.45, 2.75) is 12.8 Å². The van der Waals surface area contributed by atoms with Crippen molar-refractivity contribution in [3.63, 3.8) is 0 Å². The molecule has 7 heteroatoms. The Hall–Kier alpha value is -2.41. The van der Waals surface area contributed by atoms with Gasteiger partial charge in [0.15, 0.2) is 5.13 Å². The van der Waals surface area contributed by atoms with Gasteiger partial charge in [0.2, 0.25) is 5.91 Å². The van der Waals surface area contributed by atoms with E-state index in [0.717, 1.165) is 36.9 Å². The van der Waals surface area contributed by atoms with Crippen LogP contribution in [-0.2, 0) is 4.79 Å².